The average Bonchev–Trinajstić information content (AvgIpc) is 2.26. The molecular formula is C11H18NO3-. The molecule has 1 N–H and O–H groups in total. The lowest BCUT2D eigenvalue weighted by molar-refractivity contribution is -0.304. The average molecular weight is 212 g/mol. The summed E-state index contributed by atoms with van der Waals surface area (Å²) < 4.78 is 0. The largest absolute Gasteiger partial charge is 0.548 e. The summed E-state index contributed by atoms with van der Waals surface area (Å²) in [6.07, 6.45) is 5.11. The molecule has 4 heteroatoms. The molecule has 0 radical (unpaired) electrons. The minimum atomic E-state index is -1.23. The molecule has 86 valence electrons. The number of amides is 1. The molecule has 0 aromatic rings. The Morgan fingerprint density at radius 2 is 1.87 bits per heavy atom. The van der Waals surface area contributed by atoms with Crippen LogP contribution in [-0.4, -0.2) is 18.4 Å². The predicted octanol–water partition coefficient (Wildman–Crippen LogP) is 0.0689. The lowest BCUT2D eigenvalue weighted by Gasteiger charge is -2.26. The van der Waals surface area contributed by atoms with Crippen LogP contribution in [0.2, 0.25) is 0 Å². The van der Waals surface area contributed by atoms with Gasteiger partial charge in [-0.25, -0.2) is 0 Å². The van der Waals surface area contributed by atoms with E-state index in [9.17, 15) is 14.7 Å². The summed E-state index contributed by atoms with van der Waals surface area (Å²) in [7, 11) is 0. The van der Waals surface area contributed by atoms with Crippen LogP contribution >= 0.6 is 0 Å². The first-order valence-corrected chi connectivity index (χ1v) is 5.61. The highest BCUT2D eigenvalue weighted by atomic mass is 16.4. The van der Waals surface area contributed by atoms with Crippen LogP contribution in [0.15, 0.2) is 0 Å². The molecule has 0 aliphatic heterocycles. The first-order chi connectivity index (χ1) is 7.13. The van der Waals surface area contributed by atoms with Crippen LogP contribution in [0, 0.1) is 11.8 Å². The summed E-state index contributed by atoms with van der Waals surface area (Å²) in [6, 6.07) is 0. The monoisotopic (exact) mass is 212 g/mol. The smallest absolute Gasteiger partial charge is 0.223 e. The number of hydrogen-bond donors (Lipinski definition) is 1. The SMILES string of the molecule is CCC1CCC(C(=O)NCC(=O)[O-])CC1. The van der Waals surface area contributed by atoms with E-state index >= 15 is 0 Å². The second kappa shape index (κ2) is 5.73. The maximum atomic E-state index is 11.5. The molecule has 0 spiro atoms. The number of hydrogen-bond acceptors (Lipinski definition) is 3. The second-order valence-electron chi connectivity index (χ2n) is 4.22. The summed E-state index contributed by atoms with van der Waals surface area (Å²) in [4.78, 5) is 21.7. The molecule has 0 aromatic heterocycles. The minimum Gasteiger partial charge on any atom is -0.548 e. The van der Waals surface area contributed by atoms with Gasteiger partial charge < -0.3 is 15.2 Å². The predicted molar refractivity (Wildman–Crippen MR) is 53.8 cm³/mol. The van der Waals surface area contributed by atoms with E-state index in [0.29, 0.717) is 0 Å². The van der Waals surface area contributed by atoms with Crippen LogP contribution < -0.4 is 10.4 Å². The van der Waals surface area contributed by atoms with E-state index in [0.717, 1.165) is 31.6 Å². The van der Waals surface area contributed by atoms with Gasteiger partial charge in [-0.05, 0) is 31.6 Å². The second-order valence-corrected chi connectivity index (χ2v) is 4.22. The zero-order valence-corrected chi connectivity index (χ0v) is 9.12. The van der Waals surface area contributed by atoms with E-state index < -0.39 is 5.97 Å². The van der Waals surface area contributed by atoms with E-state index in [4.69, 9.17) is 0 Å². The number of aliphatic carboxylic acids is 1. The van der Waals surface area contributed by atoms with Crippen molar-refractivity contribution in [2.24, 2.45) is 11.8 Å². The van der Waals surface area contributed by atoms with Crippen LogP contribution in [-0.2, 0) is 9.59 Å². The van der Waals surface area contributed by atoms with Crippen molar-refractivity contribution in [2.75, 3.05) is 6.54 Å². The molecular weight excluding hydrogens is 194 g/mol. The maximum absolute atomic E-state index is 11.5. The highest BCUT2D eigenvalue weighted by molar-refractivity contribution is 5.82. The van der Waals surface area contributed by atoms with E-state index in [2.05, 4.69) is 12.2 Å². The fourth-order valence-electron chi connectivity index (χ4n) is 2.14. The molecule has 1 aliphatic carbocycles. The van der Waals surface area contributed by atoms with Crippen LogP contribution in [0.3, 0.4) is 0 Å². The van der Waals surface area contributed by atoms with Gasteiger partial charge in [0.15, 0.2) is 0 Å². The van der Waals surface area contributed by atoms with Crippen molar-refractivity contribution in [3.8, 4) is 0 Å². The standard InChI is InChI=1S/C11H19NO3/c1-2-8-3-5-9(6-4-8)11(15)12-7-10(13)14/h8-9H,2-7H2,1H3,(H,12,15)(H,13,14)/p-1. The van der Waals surface area contributed by atoms with Gasteiger partial charge in [-0.2, -0.15) is 0 Å². The molecule has 0 heterocycles. The van der Waals surface area contributed by atoms with Gasteiger partial charge in [-0.15, -0.1) is 0 Å². The molecule has 1 rings (SSSR count). The van der Waals surface area contributed by atoms with Gasteiger partial charge in [0.1, 0.15) is 0 Å². The maximum Gasteiger partial charge on any atom is 0.223 e. The van der Waals surface area contributed by atoms with Crippen LogP contribution in [0.25, 0.3) is 0 Å². The topological polar surface area (TPSA) is 69.2 Å². The fraction of sp³-hybridized carbons (Fsp3) is 0.818. The Balaban J connectivity index is 2.27. The van der Waals surface area contributed by atoms with E-state index in [1.165, 1.54) is 6.42 Å². The number of rotatable bonds is 4. The van der Waals surface area contributed by atoms with E-state index in [1.54, 1.807) is 0 Å². The highest BCUT2D eigenvalue weighted by Crippen LogP contribution is 2.30. The van der Waals surface area contributed by atoms with Crippen LogP contribution in [0.5, 0.6) is 0 Å². The molecule has 1 aliphatic rings. The minimum absolute atomic E-state index is 0.00662. The fourth-order valence-corrected chi connectivity index (χ4v) is 2.14. The molecule has 15 heavy (non-hydrogen) atoms. The van der Waals surface area contributed by atoms with Gasteiger partial charge in [-0.3, -0.25) is 4.79 Å². The number of carboxylic acid groups (broad SMARTS) is 1. The molecule has 0 saturated heterocycles. The Kier molecular flexibility index (Phi) is 4.59. The molecule has 0 atom stereocenters. The van der Waals surface area contributed by atoms with Crippen molar-refractivity contribution in [2.45, 2.75) is 39.0 Å². The summed E-state index contributed by atoms with van der Waals surface area (Å²) in [5, 5.41) is 12.5. The normalized spacial score (nSPS) is 25.9. The Labute approximate surface area is 90.0 Å². The van der Waals surface area contributed by atoms with Crippen molar-refractivity contribution >= 4 is 11.9 Å². The van der Waals surface area contributed by atoms with Crippen LogP contribution in [0.4, 0.5) is 0 Å². The highest BCUT2D eigenvalue weighted by Gasteiger charge is 2.24. The molecule has 0 unspecified atom stereocenters. The van der Waals surface area contributed by atoms with Gasteiger partial charge >= 0.3 is 0 Å². The summed E-state index contributed by atoms with van der Waals surface area (Å²) >= 11 is 0. The number of nitrogens with one attached hydrogen (secondary N) is 1. The lowest BCUT2D eigenvalue weighted by atomic mass is 9.80. The molecule has 0 bridgehead atoms. The zero-order chi connectivity index (χ0) is 11.3. The number of carbonyl (C=O) groups is 2. The summed E-state index contributed by atoms with van der Waals surface area (Å²) in [5.74, 6) is -0.610. The summed E-state index contributed by atoms with van der Waals surface area (Å²) in [6.45, 7) is 1.80. The molecule has 1 saturated carbocycles. The summed E-state index contributed by atoms with van der Waals surface area (Å²) in [5.41, 5.74) is 0. The van der Waals surface area contributed by atoms with Crippen molar-refractivity contribution in [1.29, 1.82) is 0 Å². The first kappa shape index (κ1) is 12.0. The third-order valence-electron chi connectivity index (χ3n) is 3.20. The Morgan fingerprint density at radius 3 is 2.33 bits per heavy atom. The Hall–Kier alpha value is -1.06. The third kappa shape index (κ3) is 3.90. The number of carbonyl (C=O) groups excluding carboxylic acids is 2. The molecule has 0 aromatic carbocycles. The van der Waals surface area contributed by atoms with Gasteiger partial charge in [0, 0.05) is 5.92 Å². The van der Waals surface area contributed by atoms with E-state index in [-0.39, 0.29) is 18.4 Å². The Morgan fingerprint density at radius 1 is 1.27 bits per heavy atom. The number of carboxylic acids is 1. The van der Waals surface area contributed by atoms with Crippen molar-refractivity contribution in [1.82, 2.24) is 5.32 Å². The van der Waals surface area contributed by atoms with Gasteiger partial charge in [0.25, 0.3) is 0 Å². The molecule has 1 amide bonds. The quantitative estimate of drug-likeness (QED) is 0.717. The van der Waals surface area contributed by atoms with Crippen LogP contribution in [0.1, 0.15) is 39.0 Å². The lowest BCUT2D eigenvalue weighted by Crippen LogP contribution is -2.41. The van der Waals surface area contributed by atoms with E-state index in [1.807, 2.05) is 0 Å². The van der Waals surface area contributed by atoms with Crippen molar-refractivity contribution < 1.29 is 14.7 Å². The van der Waals surface area contributed by atoms with Crippen molar-refractivity contribution in [3.63, 3.8) is 0 Å². The van der Waals surface area contributed by atoms with Gasteiger partial charge in [0.05, 0.1) is 12.5 Å². The van der Waals surface area contributed by atoms with Crippen molar-refractivity contribution in [3.05, 3.63) is 0 Å². The third-order valence-corrected chi connectivity index (χ3v) is 3.20. The first-order valence-electron chi connectivity index (χ1n) is 5.61. The molecule has 1 fully saturated rings. The Bertz CT molecular complexity index is 232. The van der Waals surface area contributed by atoms with Gasteiger partial charge in [-0.1, -0.05) is 13.3 Å². The molecule has 4 nitrogen and oxygen atoms in total. The zero-order valence-electron chi connectivity index (χ0n) is 9.12. The van der Waals surface area contributed by atoms with Gasteiger partial charge in [0.2, 0.25) is 5.91 Å².